The molecule has 0 saturated heterocycles. The predicted octanol–water partition coefficient (Wildman–Crippen LogP) is 2.09. The average molecular weight is 396 g/mol. The Morgan fingerprint density at radius 2 is 1.83 bits per heavy atom. The number of fused-ring (bicyclic) bond motifs is 1. The number of nitrogens with two attached hydrogens (primary N) is 2. The van der Waals surface area contributed by atoms with Crippen LogP contribution in [0.15, 0.2) is 42.5 Å². The number of ether oxygens (including phenoxy) is 1. The second-order valence-corrected chi connectivity index (χ2v) is 7.90. The number of hydrogen-bond acceptors (Lipinski definition) is 6. The maximum atomic E-state index is 13.2. The van der Waals surface area contributed by atoms with Gasteiger partial charge in [-0.15, -0.1) is 0 Å². The van der Waals surface area contributed by atoms with E-state index in [2.05, 4.69) is 0 Å². The van der Waals surface area contributed by atoms with Crippen LogP contribution in [0.4, 0.5) is 0 Å². The van der Waals surface area contributed by atoms with Gasteiger partial charge in [0.25, 0.3) is 0 Å². The Bertz CT molecular complexity index is 911. The zero-order chi connectivity index (χ0) is 21.2. The van der Waals surface area contributed by atoms with Crippen LogP contribution in [0, 0.1) is 12.3 Å². The van der Waals surface area contributed by atoms with Gasteiger partial charge in [0.05, 0.1) is 0 Å². The van der Waals surface area contributed by atoms with Gasteiger partial charge in [-0.1, -0.05) is 36.4 Å². The lowest BCUT2D eigenvalue weighted by Crippen LogP contribution is -2.56. The summed E-state index contributed by atoms with van der Waals surface area (Å²) in [6, 6.07) is 13.8. The Kier molecular flexibility index (Phi) is 6.17. The highest BCUT2D eigenvalue weighted by atomic mass is 16.5. The van der Waals surface area contributed by atoms with Gasteiger partial charge in [0.2, 0.25) is 0 Å². The Morgan fingerprint density at radius 1 is 1.14 bits per heavy atom. The van der Waals surface area contributed by atoms with Gasteiger partial charge in [-0.2, -0.15) is 0 Å². The van der Waals surface area contributed by atoms with Crippen LogP contribution >= 0.6 is 0 Å². The van der Waals surface area contributed by atoms with Crippen molar-refractivity contribution in [2.45, 2.75) is 19.3 Å². The molecule has 2 atom stereocenters. The topological polar surface area (TPSA) is 98.6 Å². The van der Waals surface area contributed by atoms with E-state index < -0.39 is 17.3 Å². The molecular formula is C23H29N3O3. The molecule has 0 radical (unpaired) electrons. The number of Topliss-reactive ketones (excluding diaryl/α,β-unsaturated/α-hetero) is 1. The van der Waals surface area contributed by atoms with Crippen molar-refractivity contribution in [1.29, 1.82) is 0 Å². The third-order valence-electron chi connectivity index (χ3n) is 5.81. The quantitative estimate of drug-likeness (QED) is 0.423. The summed E-state index contributed by atoms with van der Waals surface area (Å²) in [6.07, 6.45) is 0.215. The lowest BCUT2D eigenvalue weighted by Gasteiger charge is -2.41. The number of carbonyl (C=O) groups is 2. The summed E-state index contributed by atoms with van der Waals surface area (Å²) in [5.74, 6) is -0.861. The van der Waals surface area contributed by atoms with E-state index in [4.69, 9.17) is 16.2 Å². The zero-order valence-corrected chi connectivity index (χ0v) is 17.3. The molecule has 29 heavy (non-hydrogen) atoms. The Balaban J connectivity index is 2.09. The monoisotopic (exact) mass is 395 g/mol. The molecule has 0 saturated carbocycles. The van der Waals surface area contributed by atoms with E-state index in [9.17, 15) is 9.59 Å². The number of aryl methyl sites for hydroxylation is 1. The first-order valence-electron chi connectivity index (χ1n) is 9.85. The molecule has 154 valence electrons. The molecule has 0 fully saturated rings. The van der Waals surface area contributed by atoms with Gasteiger partial charge in [-0.3, -0.25) is 9.59 Å². The van der Waals surface area contributed by atoms with E-state index >= 15 is 0 Å². The van der Waals surface area contributed by atoms with E-state index in [-0.39, 0.29) is 25.3 Å². The molecule has 1 aliphatic rings. The van der Waals surface area contributed by atoms with Gasteiger partial charge in [0.15, 0.2) is 5.78 Å². The first kappa shape index (κ1) is 21.2. The Morgan fingerprint density at radius 3 is 2.41 bits per heavy atom. The van der Waals surface area contributed by atoms with E-state index in [1.165, 1.54) is 0 Å². The van der Waals surface area contributed by atoms with Gasteiger partial charge >= 0.3 is 5.97 Å². The SMILES string of the molecule is Cc1cc(-c2ccccc2)cc2c1C(CN)C(CN)(C(=O)CCN(C)C)C(=O)O2. The van der Waals surface area contributed by atoms with Crippen LogP contribution < -0.4 is 16.2 Å². The van der Waals surface area contributed by atoms with Crippen molar-refractivity contribution in [3.63, 3.8) is 0 Å². The van der Waals surface area contributed by atoms with E-state index in [1.807, 2.05) is 68.4 Å². The molecule has 6 heteroatoms. The number of ketones is 1. The maximum Gasteiger partial charge on any atom is 0.327 e. The summed E-state index contributed by atoms with van der Waals surface area (Å²) in [5, 5.41) is 0. The minimum absolute atomic E-state index is 0.126. The van der Waals surface area contributed by atoms with Crippen molar-refractivity contribution in [1.82, 2.24) is 4.90 Å². The summed E-state index contributed by atoms with van der Waals surface area (Å²) in [5.41, 5.74) is 14.4. The third-order valence-corrected chi connectivity index (χ3v) is 5.81. The molecule has 2 unspecified atom stereocenters. The third kappa shape index (κ3) is 3.71. The van der Waals surface area contributed by atoms with Crippen LogP contribution in [-0.4, -0.2) is 50.4 Å². The summed E-state index contributed by atoms with van der Waals surface area (Å²) in [4.78, 5) is 28.2. The first-order chi connectivity index (χ1) is 13.8. The molecular weight excluding hydrogens is 366 g/mol. The summed E-state index contributed by atoms with van der Waals surface area (Å²) < 4.78 is 5.73. The maximum absolute atomic E-state index is 13.2. The molecule has 0 amide bonds. The number of rotatable bonds is 7. The average Bonchev–Trinajstić information content (AvgIpc) is 2.71. The normalized spacial score (nSPS) is 21.0. The molecule has 4 N–H and O–H groups in total. The molecule has 6 nitrogen and oxygen atoms in total. The molecule has 2 aromatic rings. The second-order valence-electron chi connectivity index (χ2n) is 7.90. The number of nitrogens with zero attached hydrogens (tertiary/aromatic N) is 1. The zero-order valence-electron chi connectivity index (χ0n) is 17.3. The fourth-order valence-electron chi connectivity index (χ4n) is 4.19. The summed E-state index contributed by atoms with van der Waals surface area (Å²) >= 11 is 0. The highest BCUT2D eigenvalue weighted by Gasteiger charge is 2.55. The van der Waals surface area contributed by atoms with E-state index in [0.717, 1.165) is 22.3 Å². The van der Waals surface area contributed by atoms with Gasteiger partial charge < -0.3 is 21.1 Å². The molecule has 0 bridgehead atoms. The van der Waals surface area contributed by atoms with Crippen LogP contribution in [0.5, 0.6) is 5.75 Å². The van der Waals surface area contributed by atoms with Gasteiger partial charge in [-0.25, -0.2) is 0 Å². The van der Waals surface area contributed by atoms with Gasteiger partial charge in [0.1, 0.15) is 11.2 Å². The predicted molar refractivity (Wildman–Crippen MR) is 114 cm³/mol. The molecule has 2 aromatic carbocycles. The molecule has 0 spiro atoms. The first-order valence-corrected chi connectivity index (χ1v) is 9.85. The van der Waals surface area contributed by atoms with E-state index in [0.29, 0.717) is 12.3 Å². The van der Waals surface area contributed by atoms with Crippen molar-refractivity contribution >= 4 is 11.8 Å². The van der Waals surface area contributed by atoms with Gasteiger partial charge in [0, 0.05) is 37.5 Å². The fraction of sp³-hybridized carbons (Fsp3) is 0.391. The van der Waals surface area contributed by atoms with E-state index in [1.54, 1.807) is 0 Å². The lowest BCUT2D eigenvalue weighted by atomic mass is 9.65. The molecule has 1 heterocycles. The van der Waals surface area contributed by atoms with Crippen molar-refractivity contribution in [2.75, 3.05) is 33.7 Å². The highest BCUT2D eigenvalue weighted by Crippen LogP contribution is 2.48. The molecule has 3 rings (SSSR count). The standard InChI is InChI=1S/C23H29N3O3/c1-15-11-17(16-7-5-4-6-8-16)12-19-21(15)18(13-24)23(14-25,22(28)29-19)20(27)9-10-26(2)3/h4-8,11-12,18H,9-10,13-14,24-25H2,1-3H3. The van der Waals surface area contributed by atoms with Crippen molar-refractivity contribution in [2.24, 2.45) is 16.9 Å². The minimum Gasteiger partial charge on any atom is -0.425 e. The largest absolute Gasteiger partial charge is 0.425 e. The van der Waals surface area contributed by atoms with Crippen molar-refractivity contribution in [3.05, 3.63) is 53.6 Å². The van der Waals surface area contributed by atoms with Crippen LogP contribution in [0.2, 0.25) is 0 Å². The highest BCUT2D eigenvalue weighted by molar-refractivity contribution is 6.07. The van der Waals surface area contributed by atoms with Crippen LogP contribution in [0.1, 0.15) is 23.5 Å². The van der Waals surface area contributed by atoms with Crippen LogP contribution in [0.3, 0.4) is 0 Å². The summed E-state index contributed by atoms with van der Waals surface area (Å²) in [6.45, 7) is 2.50. The van der Waals surface area contributed by atoms with Crippen LogP contribution in [0.25, 0.3) is 11.1 Å². The van der Waals surface area contributed by atoms with Crippen LogP contribution in [-0.2, 0) is 9.59 Å². The summed E-state index contributed by atoms with van der Waals surface area (Å²) in [7, 11) is 3.76. The van der Waals surface area contributed by atoms with Gasteiger partial charge in [-0.05, 0) is 43.8 Å². The number of hydrogen-bond donors (Lipinski definition) is 2. The number of benzene rings is 2. The molecule has 0 aromatic heterocycles. The Labute approximate surface area is 171 Å². The van der Waals surface area contributed by atoms with Crippen molar-refractivity contribution in [3.8, 4) is 16.9 Å². The number of esters is 1. The minimum atomic E-state index is -1.45. The molecule has 1 aliphatic heterocycles. The lowest BCUT2D eigenvalue weighted by molar-refractivity contribution is -0.155. The molecule has 0 aliphatic carbocycles. The second kappa shape index (κ2) is 8.45. The smallest absolute Gasteiger partial charge is 0.327 e. The number of carbonyl (C=O) groups excluding carboxylic acids is 2. The Hall–Kier alpha value is -2.54. The van der Waals surface area contributed by atoms with Crippen molar-refractivity contribution < 1.29 is 14.3 Å². The fourth-order valence-corrected chi connectivity index (χ4v) is 4.19.